The number of hydrogen-bond donors (Lipinski definition) is 1. The highest BCUT2D eigenvalue weighted by atomic mass is 16.6. The molecule has 0 aliphatic carbocycles. The van der Waals surface area contributed by atoms with Gasteiger partial charge >= 0.3 is 5.97 Å². The summed E-state index contributed by atoms with van der Waals surface area (Å²) in [6, 6.07) is 5.77. The number of carboxylic acid groups (broad SMARTS) is 1. The summed E-state index contributed by atoms with van der Waals surface area (Å²) >= 11 is 0. The molecule has 0 bridgehead atoms. The molecule has 0 saturated heterocycles. The van der Waals surface area contributed by atoms with Crippen LogP contribution in [0.25, 0.3) is 5.69 Å². The Morgan fingerprint density at radius 3 is 2.24 bits per heavy atom. The van der Waals surface area contributed by atoms with Crippen molar-refractivity contribution in [1.82, 2.24) is 9.78 Å². The van der Waals surface area contributed by atoms with E-state index < -0.39 is 16.3 Å². The van der Waals surface area contributed by atoms with Crippen molar-refractivity contribution < 1.29 is 14.8 Å². The van der Waals surface area contributed by atoms with E-state index >= 15 is 0 Å². The number of aromatic carboxylic acids is 1. The number of benzene rings is 1. The van der Waals surface area contributed by atoms with Crippen LogP contribution in [0.3, 0.4) is 0 Å². The van der Waals surface area contributed by atoms with Crippen LogP contribution in [0.1, 0.15) is 36.8 Å². The Morgan fingerprint density at radius 1 is 1.29 bits per heavy atom. The minimum Gasteiger partial charge on any atom is -0.478 e. The molecule has 1 N–H and O–H groups in total. The molecular weight excluding hydrogens is 274 g/mol. The van der Waals surface area contributed by atoms with Crippen LogP contribution in [0.4, 0.5) is 5.69 Å². The van der Waals surface area contributed by atoms with E-state index in [1.807, 2.05) is 20.8 Å². The summed E-state index contributed by atoms with van der Waals surface area (Å²) < 4.78 is 1.42. The maximum atomic E-state index is 11.3. The highest BCUT2D eigenvalue weighted by molar-refractivity contribution is 5.89. The van der Waals surface area contributed by atoms with Gasteiger partial charge in [0.1, 0.15) is 5.56 Å². The smallest absolute Gasteiger partial charge is 0.339 e. The Kier molecular flexibility index (Phi) is 3.51. The molecule has 1 aromatic carbocycles. The lowest BCUT2D eigenvalue weighted by Gasteiger charge is -2.15. The van der Waals surface area contributed by atoms with E-state index in [-0.39, 0.29) is 11.3 Å². The Balaban J connectivity index is 2.50. The SMILES string of the molecule is CC(C)(C)c1nn(-c2ccc([N+](=O)[O-])cc2)cc1C(=O)O. The molecule has 0 spiro atoms. The lowest BCUT2D eigenvalue weighted by Crippen LogP contribution is -2.16. The minimum atomic E-state index is -1.05. The molecule has 0 atom stereocenters. The van der Waals surface area contributed by atoms with E-state index in [4.69, 9.17) is 0 Å². The average molecular weight is 289 g/mol. The van der Waals surface area contributed by atoms with Crippen LogP contribution < -0.4 is 0 Å². The predicted octanol–water partition coefficient (Wildman–Crippen LogP) is 2.78. The van der Waals surface area contributed by atoms with Crippen LogP contribution in [0.5, 0.6) is 0 Å². The van der Waals surface area contributed by atoms with Crippen molar-refractivity contribution in [2.45, 2.75) is 26.2 Å². The van der Waals surface area contributed by atoms with Gasteiger partial charge in [-0.2, -0.15) is 5.10 Å². The highest BCUT2D eigenvalue weighted by Crippen LogP contribution is 2.26. The molecule has 7 heteroatoms. The first-order chi connectivity index (χ1) is 9.70. The second-order valence-corrected chi connectivity index (χ2v) is 5.66. The van der Waals surface area contributed by atoms with Gasteiger partial charge in [-0.15, -0.1) is 0 Å². The Labute approximate surface area is 121 Å². The molecule has 0 amide bonds. The van der Waals surface area contributed by atoms with Crippen LogP contribution >= 0.6 is 0 Å². The summed E-state index contributed by atoms with van der Waals surface area (Å²) in [5.74, 6) is -1.05. The number of nitro benzene ring substituents is 1. The van der Waals surface area contributed by atoms with Gasteiger partial charge in [-0.05, 0) is 12.1 Å². The van der Waals surface area contributed by atoms with Gasteiger partial charge in [0.25, 0.3) is 5.69 Å². The number of nitrogens with zero attached hydrogens (tertiary/aromatic N) is 3. The second kappa shape index (κ2) is 5.01. The van der Waals surface area contributed by atoms with Crippen LogP contribution in [-0.4, -0.2) is 25.8 Å². The van der Waals surface area contributed by atoms with Crippen molar-refractivity contribution in [2.75, 3.05) is 0 Å². The first kappa shape index (κ1) is 14.7. The van der Waals surface area contributed by atoms with Crippen LogP contribution in [0.15, 0.2) is 30.5 Å². The predicted molar refractivity (Wildman–Crippen MR) is 75.9 cm³/mol. The number of carbonyl (C=O) groups is 1. The van der Waals surface area contributed by atoms with E-state index in [9.17, 15) is 20.0 Å². The van der Waals surface area contributed by atoms with Gasteiger partial charge in [0, 0.05) is 23.7 Å². The van der Waals surface area contributed by atoms with Gasteiger partial charge in [0.15, 0.2) is 0 Å². The summed E-state index contributed by atoms with van der Waals surface area (Å²) in [5.41, 5.74) is 0.716. The van der Waals surface area contributed by atoms with Crippen molar-refractivity contribution in [3.63, 3.8) is 0 Å². The van der Waals surface area contributed by atoms with Crippen LogP contribution in [-0.2, 0) is 5.41 Å². The van der Waals surface area contributed by atoms with Gasteiger partial charge in [0.2, 0.25) is 0 Å². The fourth-order valence-electron chi connectivity index (χ4n) is 1.94. The Hall–Kier alpha value is -2.70. The summed E-state index contributed by atoms with van der Waals surface area (Å²) in [6.07, 6.45) is 1.42. The van der Waals surface area contributed by atoms with E-state index in [0.29, 0.717) is 11.4 Å². The molecule has 1 aromatic heterocycles. The van der Waals surface area contributed by atoms with Crippen LogP contribution in [0.2, 0.25) is 0 Å². The zero-order chi connectivity index (χ0) is 15.8. The zero-order valence-electron chi connectivity index (χ0n) is 11.9. The highest BCUT2D eigenvalue weighted by Gasteiger charge is 2.26. The summed E-state index contributed by atoms with van der Waals surface area (Å²) in [5, 5.41) is 24.2. The first-order valence-electron chi connectivity index (χ1n) is 6.28. The Morgan fingerprint density at radius 2 is 1.86 bits per heavy atom. The standard InChI is InChI=1S/C14H15N3O4/c1-14(2,3)12-11(13(18)19)8-16(15-12)9-4-6-10(7-5-9)17(20)21/h4-8H,1-3H3,(H,18,19). The lowest BCUT2D eigenvalue weighted by atomic mass is 9.90. The molecule has 0 saturated carbocycles. The number of non-ortho nitro benzene ring substituents is 1. The molecule has 21 heavy (non-hydrogen) atoms. The van der Waals surface area contributed by atoms with E-state index in [1.54, 1.807) is 0 Å². The van der Waals surface area contributed by atoms with E-state index in [2.05, 4.69) is 5.10 Å². The molecule has 7 nitrogen and oxygen atoms in total. The summed E-state index contributed by atoms with van der Waals surface area (Å²) in [6.45, 7) is 5.63. The fraction of sp³-hybridized carbons (Fsp3) is 0.286. The molecule has 0 aliphatic rings. The first-order valence-corrected chi connectivity index (χ1v) is 6.28. The van der Waals surface area contributed by atoms with Gasteiger partial charge in [-0.3, -0.25) is 10.1 Å². The summed E-state index contributed by atoms with van der Waals surface area (Å²) in [7, 11) is 0. The number of carboxylic acids is 1. The van der Waals surface area contributed by atoms with Crippen molar-refractivity contribution >= 4 is 11.7 Å². The third kappa shape index (κ3) is 2.91. The third-order valence-corrected chi connectivity index (χ3v) is 2.98. The minimum absolute atomic E-state index is 0.0274. The van der Waals surface area contributed by atoms with Crippen LogP contribution in [0, 0.1) is 10.1 Å². The summed E-state index contributed by atoms with van der Waals surface area (Å²) in [4.78, 5) is 21.5. The molecule has 2 rings (SSSR count). The lowest BCUT2D eigenvalue weighted by molar-refractivity contribution is -0.384. The normalized spacial score (nSPS) is 11.4. The molecule has 1 heterocycles. The average Bonchev–Trinajstić information content (AvgIpc) is 2.84. The van der Waals surface area contributed by atoms with Gasteiger partial charge in [-0.25, -0.2) is 9.48 Å². The fourth-order valence-corrected chi connectivity index (χ4v) is 1.94. The number of rotatable bonds is 3. The maximum absolute atomic E-state index is 11.3. The van der Waals surface area contributed by atoms with Crippen molar-refractivity contribution in [2.24, 2.45) is 0 Å². The zero-order valence-corrected chi connectivity index (χ0v) is 11.9. The largest absolute Gasteiger partial charge is 0.478 e. The van der Waals surface area contributed by atoms with Crippen molar-refractivity contribution in [3.05, 3.63) is 51.8 Å². The molecule has 0 radical (unpaired) electrons. The second-order valence-electron chi connectivity index (χ2n) is 5.66. The topological polar surface area (TPSA) is 98.3 Å². The number of nitro groups is 1. The van der Waals surface area contributed by atoms with Gasteiger partial charge < -0.3 is 5.11 Å². The molecule has 0 aliphatic heterocycles. The third-order valence-electron chi connectivity index (χ3n) is 2.98. The van der Waals surface area contributed by atoms with E-state index in [1.165, 1.54) is 35.1 Å². The molecule has 110 valence electrons. The van der Waals surface area contributed by atoms with E-state index in [0.717, 1.165) is 0 Å². The maximum Gasteiger partial charge on any atom is 0.339 e. The number of hydrogen-bond acceptors (Lipinski definition) is 4. The molecule has 2 aromatic rings. The van der Waals surface area contributed by atoms with Gasteiger partial charge in [0.05, 0.1) is 16.3 Å². The van der Waals surface area contributed by atoms with Crippen molar-refractivity contribution in [1.29, 1.82) is 0 Å². The quantitative estimate of drug-likeness (QED) is 0.692. The molecular formula is C14H15N3O4. The Bertz CT molecular complexity index is 696. The van der Waals surface area contributed by atoms with Gasteiger partial charge in [-0.1, -0.05) is 20.8 Å². The molecule has 0 fully saturated rings. The van der Waals surface area contributed by atoms with Crippen molar-refractivity contribution in [3.8, 4) is 5.69 Å². The monoisotopic (exact) mass is 289 g/mol. The molecule has 0 unspecified atom stereocenters. The number of aromatic nitrogens is 2.